The van der Waals surface area contributed by atoms with E-state index in [2.05, 4.69) is 15.3 Å². The number of fused-ring (bicyclic) bond motifs is 1. The molecule has 0 atom stereocenters. The average molecular weight is 340 g/mol. The molecule has 2 N–H and O–H groups in total. The number of benzene rings is 1. The standard InChI is InChI=1S/C15H9ClF3N3O/c16-13-2-1-7-3-12(21-14(7)22-13)15(23)20-6-9-10(18)4-8(17)5-11(9)19/h1-5H,6H2,(H,20,23)(H,21,22). The molecule has 2 aromatic heterocycles. The topological polar surface area (TPSA) is 57.8 Å². The van der Waals surface area contributed by atoms with E-state index in [-0.39, 0.29) is 10.8 Å². The lowest BCUT2D eigenvalue weighted by atomic mass is 10.2. The molecule has 4 nitrogen and oxygen atoms in total. The minimum absolute atomic E-state index is 0.165. The molecule has 8 heteroatoms. The van der Waals surface area contributed by atoms with Gasteiger partial charge in [-0.3, -0.25) is 4.79 Å². The molecule has 3 rings (SSSR count). The van der Waals surface area contributed by atoms with Crippen molar-refractivity contribution in [3.63, 3.8) is 0 Å². The number of halogens is 4. The number of aromatic nitrogens is 2. The highest BCUT2D eigenvalue weighted by Crippen LogP contribution is 2.17. The van der Waals surface area contributed by atoms with Crippen LogP contribution in [0.15, 0.2) is 30.3 Å². The SMILES string of the molecule is O=C(NCc1c(F)cc(F)cc1F)c1cc2ccc(Cl)nc2[nH]1. The van der Waals surface area contributed by atoms with Gasteiger partial charge in [0.25, 0.3) is 5.91 Å². The third kappa shape index (κ3) is 3.14. The third-order valence-electron chi connectivity index (χ3n) is 3.22. The summed E-state index contributed by atoms with van der Waals surface area (Å²) in [5, 5.41) is 3.29. The van der Waals surface area contributed by atoms with E-state index < -0.39 is 35.5 Å². The van der Waals surface area contributed by atoms with Gasteiger partial charge >= 0.3 is 0 Å². The van der Waals surface area contributed by atoms with E-state index in [0.29, 0.717) is 23.2 Å². The van der Waals surface area contributed by atoms with Crippen molar-refractivity contribution in [1.82, 2.24) is 15.3 Å². The van der Waals surface area contributed by atoms with Gasteiger partial charge in [-0.05, 0) is 18.2 Å². The molecule has 118 valence electrons. The Kier molecular flexibility index (Phi) is 3.96. The Hall–Kier alpha value is -2.54. The van der Waals surface area contributed by atoms with E-state index in [1.165, 1.54) is 6.07 Å². The molecule has 0 aliphatic carbocycles. The normalized spacial score (nSPS) is 11.0. The molecule has 2 heterocycles. The zero-order chi connectivity index (χ0) is 16.6. The summed E-state index contributed by atoms with van der Waals surface area (Å²) in [5.41, 5.74) is 0.163. The highest BCUT2D eigenvalue weighted by atomic mass is 35.5. The molecule has 0 spiro atoms. The lowest BCUT2D eigenvalue weighted by molar-refractivity contribution is 0.0946. The number of nitrogens with zero attached hydrogens (tertiary/aromatic N) is 1. The minimum Gasteiger partial charge on any atom is -0.346 e. The number of hydrogen-bond donors (Lipinski definition) is 2. The van der Waals surface area contributed by atoms with Crippen molar-refractivity contribution >= 4 is 28.5 Å². The van der Waals surface area contributed by atoms with Crippen molar-refractivity contribution in [2.45, 2.75) is 6.54 Å². The van der Waals surface area contributed by atoms with E-state index in [1.807, 2.05) is 0 Å². The lowest BCUT2D eigenvalue weighted by Gasteiger charge is -2.06. The Balaban J connectivity index is 1.79. The highest BCUT2D eigenvalue weighted by Gasteiger charge is 2.15. The summed E-state index contributed by atoms with van der Waals surface area (Å²) in [4.78, 5) is 18.8. The van der Waals surface area contributed by atoms with E-state index in [0.717, 1.165) is 0 Å². The number of pyridine rings is 1. The highest BCUT2D eigenvalue weighted by molar-refractivity contribution is 6.29. The van der Waals surface area contributed by atoms with Crippen LogP contribution < -0.4 is 5.32 Å². The molecule has 0 aliphatic heterocycles. The van der Waals surface area contributed by atoms with Crippen molar-refractivity contribution < 1.29 is 18.0 Å². The summed E-state index contributed by atoms with van der Waals surface area (Å²) >= 11 is 5.75. The second kappa shape index (κ2) is 5.92. The Morgan fingerprint density at radius 2 is 1.87 bits per heavy atom. The first-order valence-corrected chi connectivity index (χ1v) is 6.89. The summed E-state index contributed by atoms with van der Waals surface area (Å²) < 4.78 is 39.9. The van der Waals surface area contributed by atoms with Crippen molar-refractivity contribution in [2.75, 3.05) is 0 Å². The number of carbonyl (C=O) groups excluding carboxylic acids is 1. The number of aromatic amines is 1. The number of nitrogens with one attached hydrogen (secondary N) is 2. The van der Waals surface area contributed by atoms with Crippen molar-refractivity contribution in [3.05, 3.63) is 64.2 Å². The first kappa shape index (κ1) is 15.4. The molecule has 0 radical (unpaired) electrons. The van der Waals surface area contributed by atoms with Gasteiger partial charge in [-0.25, -0.2) is 18.2 Å². The molecular formula is C15H9ClF3N3O. The van der Waals surface area contributed by atoms with E-state index in [4.69, 9.17) is 11.6 Å². The predicted octanol–water partition coefficient (Wildman–Crippen LogP) is 3.56. The smallest absolute Gasteiger partial charge is 0.268 e. The second-order valence-electron chi connectivity index (χ2n) is 4.79. The molecule has 23 heavy (non-hydrogen) atoms. The van der Waals surface area contributed by atoms with Gasteiger partial charge in [0.2, 0.25) is 0 Å². The van der Waals surface area contributed by atoms with Crippen molar-refractivity contribution in [2.24, 2.45) is 0 Å². The van der Waals surface area contributed by atoms with Crippen LogP contribution in [0.4, 0.5) is 13.2 Å². The Morgan fingerprint density at radius 3 is 2.57 bits per heavy atom. The quantitative estimate of drug-likeness (QED) is 0.717. The summed E-state index contributed by atoms with van der Waals surface area (Å²) in [5.74, 6) is -3.73. The molecule has 0 unspecified atom stereocenters. The molecule has 3 aromatic rings. The molecule has 0 bridgehead atoms. The maximum atomic E-state index is 13.5. The van der Waals surface area contributed by atoms with Crippen LogP contribution in [0, 0.1) is 17.5 Å². The zero-order valence-electron chi connectivity index (χ0n) is 11.5. The number of amides is 1. The van der Waals surface area contributed by atoms with Gasteiger partial charge in [0.15, 0.2) is 0 Å². The van der Waals surface area contributed by atoms with Gasteiger partial charge in [0.1, 0.15) is 33.9 Å². The molecule has 1 aromatic carbocycles. The number of H-pyrrole nitrogens is 1. The largest absolute Gasteiger partial charge is 0.346 e. The average Bonchev–Trinajstić information content (AvgIpc) is 2.88. The maximum absolute atomic E-state index is 13.5. The Morgan fingerprint density at radius 1 is 1.17 bits per heavy atom. The van der Waals surface area contributed by atoms with Gasteiger partial charge in [0, 0.05) is 29.6 Å². The summed E-state index contributed by atoms with van der Waals surface area (Å²) in [6.45, 7) is -0.416. The fourth-order valence-corrected chi connectivity index (χ4v) is 2.26. The minimum atomic E-state index is -1.06. The third-order valence-corrected chi connectivity index (χ3v) is 3.43. The van der Waals surface area contributed by atoms with Crippen LogP contribution >= 0.6 is 11.6 Å². The van der Waals surface area contributed by atoms with Crippen LogP contribution in [0.3, 0.4) is 0 Å². The summed E-state index contributed by atoms with van der Waals surface area (Å²) in [6, 6.07) is 5.89. The first-order chi connectivity index (χ1) is 10.9. The fourth-order valence-electron chi connectivity index (χ4n) is 2.11. The fraction of sp³-hybridized carbons (Fsp3) is 0.0667. The van der Waals surface area contributed by atoms with Crippen LogP contribution in [-0.4, -0.2) is 15.9 Å². The van der Waals surface area contributed by atoms with Crippen molar-refractivity contribution in [3.8, 4) is 0 Å². The van der Waals surface area contributed by atoms with E-state index in [9.17, 15) is 18.0 Å². The molecule has 0 saturated heterocycles. The van der Waals surface area contributed by atoms with Gasteiger partial charge in [-0.15, -0.1) is 0 Å². The monoisotopic (exact) mass is 339 g/mol. The van der Waals surface area contributed by atoms with E-state index >= 15 is 0 Å². The first-order valence-electron chi connectivity index (χ1n) is 6.51. The van der Waals surface area contributed by atoms with Crippen LogP contribution in [0.25, 0.3) is 11.0 Å². The van der Waals surface area contributed by atoms with Crippen molar-refractivity contribution in [1.29, 1.82) is 0 Å². The molecule has 0 aliphatic rings. The van der Waals surface area contributed by atoms with Gasteiger partial charge in [-0.1, -0.05) is 11.6 Å². The molecule has 0 fully saturated rings. The molecule has 1 amide bonds. The van der Waals surface area contributed by atoms with Crippen LogP contribution in [0.5, 0.6) is 0 Å². The Bertz CT molecular complexity index is 887. The predicted molar refractivity (Wildman–Crippen MR) is 78.6 cm³/mol. The van der Waals surface area contributed by atoms with Crippen LogP contribution in [0.2, 0.25) is 5.15 Å². The lowest BCUT2D eigenvalue weighted by Crippen LogP contribution is -2.24. The van der Waals surface area contributed by atoms with Gasteiger partial charge < -0.3 is 10.3 Å². The number of carbonyl (C=O) groups is 1. The number of hydrogen-bond acceptors (Lipinski definition) is 2. The van der Waals surface area contributed by atoms with Gasteiger partial charge in [-0.2, -0.15) is 0 Å². The molecular weight excluding hydrogens is 331 g/mol. The number of rotatable bonds is 3. The summed E-state index contributed by atoms with van der Waals surface area (Å²) in [7, 11) is 0. The Labute approximate surface area is 133 Å². The summed E-state index contributed by atoms with van der Waals surface area (Å²) in [6.07, 6.45) is 0. The van der Waals surface area contributed by atoms with Gasteiger partial charge in [0.05, 0.1) is 0 Å². The van der Waals surface area contributed by atoms with Crippen LogP contribution in [0.1, 0.15) is 16.1 Å². The molecule has 0 saturated carbocycles. The van der Waals surface area contributed by atoms with E-state index in [1.54, 1.807) is 12.1 Å². The maximum Gasteiger partial charge on any atom is 0.268 e. The zero-order valence-corrected chi connectivity index (χ0v) is 12.2. The van der Waals surface area contributed by atoms with Crippen LogP contribution in [-0.2, 0) is 6.54 Å². The second-order valence-corrected chi connectivity index (χ2v) is 5.17.